The SMILES string of the molecule is O=Pc1cc(-c2ccc(-c3cccs3)s2)sc1-c1cc(P=O)c(-c2ccc(-c3cccs3)s2)s1. The molecule has 0 aliphatic heterocycles. The van der Waals surface area contributed by atoms with Crippen LogP contribution in [0, 0.1) is 0 Å². The molecule has 0 aliphatic carbocycles. The lowest BCUT2D eigenvalue weighted by Gasteiger charge is -1.94. The third-order valence-electron chi connectivity index (χ3n) is 5.05. The molecule has 34 heavy (non-hydrogen) atoms. The van der Waals surface area contributed by atoms with Gasteiger partial charge in [0.1, 0.15) is 0 Å². The molecule has 0 atom stereocenters. The normalized spacial score (nSPS) is 11.6. The second-order valence-corrected chi connectivity index (χ2v) is 14.6. The number of hydrogen-bond donors (Lipinski definition) is 0. The lowest BCUT2D eigenvalue weighted by atomic mass is 10.3. The first-order valence-electron chi connectivity index (χ1n) is 9.96. The monoisotopic (exact) mass is 586 g/mol. The summed E-state index contributed by atoms with van der Waals surface area (Å²) in [5.41, 5.74) is 0. The van der Waals surface area contributed by atoms with Gasteiger partial charge >= 0.3 is 0 Å². The topological polar surface area (TPSA) is 34.1 Å². The second-order valence-electron chi connectivity index (χ2n) is 7.12. The first-order chi connectivity index (χ1) is 16.7. The third-order valence-corrected chi connectivity index (χ3v) is 13.6. The maximum atomic E-state index is 12.1. The Morgan fingerprint density at radius 2 is 0.941 bits per heavy atom. The van der Waals surface area contributed by atoms with Gasteiger partial charge in [0, 0.05) is 39.0 Å². The van der Waals surface area contributed by atoms with Crippen molar-refractivity contribution in [2.45, 2.75) is 0 Å². The van der Waals surface area contributed by atoms with Gasteiger partial charge in [-0.1, -0.05) is 12.1 Å². The van der Waals surface area contributed by atoms with Crippen LogP contribution in [0.4, 0.5) is 0 Å². The Morgan fingerprint density at radius 3 is 1.50 bits per heavy atom. The zero-order valence-electron chi connectivity index (χ0n) is 17.1. The van der Waals surface area contributed by atoms with Gasteiger partial charge in [0.2, 0.25) is 0 Å². The molecule has 6 aromatic rings. The van der Waals surface area contributed by atoms with E-state index in [9.17, 15) is 9.13 Å². The van der Waals surface area contributed by atoms with Crippen molar-refractivity contribution < 1.29 is 9.13 Å². The van der Waals surface area contributed by atoms with Gasteiger partial charge in [-0.25, -0.2) is 0 Å². The smallest absolute Gasteiger partial charge is 0.193 e. The van der Waals surface area contributed by atoms with Crippen molar-refractivity contribution in [1.82, 2.24) is 0 Å². The van der Waals surface area contributed by atoms with Crippen LogP contribution in [0.25, 0.3) is 48.8 Å². The molecule has 0 fully saturated rings. The molecule has 0 saturated heterocycles. The molecule has 6 aromatic heterocycles. The highest BCUT2D eigenvalue weighted by atomic mass is 32.1. The molecule has 0 unspecified atom stereocenters. The fourth-order valence-electron chi connectivity index (χ4n) is 3.52. The van der Waals surface area contributed by atoms with E-state index in [0.717, 1.165) is 35.0 Å². The highest BCUT2D eigenvalue weighted by molar-refractivity contribution is 7.41. The van der Waals surface area contributed by atoms with Gasteiger partial charge in [0.15, 0.2) is 16.9 Å². The van der Waals surface area contributed by atoms with Crippen molar-refractivity contribution in [2.75, 3.05) is 0 Å². The molecule has 2 nitrogen and oxygen atoms in total. The molecule has 0 spiro atoms. The number of hydrogen-bond acceptors (Lipinski definition) is 8. The Kier molecular flexibility index (Phi) is 6.59. The quantitative estimate of drug-likeness (QED) is 0.174. The standard InChI is InChI=1S/C24H12O2P2S6/c25-27-13-11-21(19-6-5-17(31-19)15-3-1-9-29-15)33-24(13)22-12-14(28-26)23(34-22)20-8-7-18(32-20)16-4-2-10-30-16/h1-12H. The van der Waals surface area contributed by atoms with E-state index in [0.29, 0.717) is 0 Å². The molecule has 10 heteroatoms. The van der Waals surface area contributed by atoms with Crippen molar-refractivity contribution in [3.05, 3.63) is 71.4 Å². The lowest BCUT2D eigenvalue weighted by Crippen LogP contribution is -1.89. The van der Waals surface area contributed by atoms with Crippen LogP contribution in [0.15, 0.2) is 71.4 Å². The van der Waals surface area contributed by atoms with Gasteiger partial charge < -0.3 is 0 Å². The van der Waals surface area contributed by atoms with Gasteiger partial charge in [-0.3, -0.25) is 9.13 Å². The molecule has 166 valence electrons. The molecule has 0 N–H and O–H groups in total. The number of thiophene rings is 6. The van der Waals surface area contributed by atoms with Crippen molar-refractivity contribution in [3.8, 4) is 48.8 Å². The van der Waals surface area contributed by atoms with Crippen molar-refractivity contribution in [1.29, 1.82) is 0 Å². The summed E-state index contributed by atoms with van der Waals surface area (Å²) >= 11 is 10.2. The van der Waals surface area contributed by atoms with Crippen molar-refractivity contribution in [2.24, 2.45) is 0 Å². The lowest BCUT2D eigenvalue weighted by molar-refractivity contribution is 0.602. The minimum Gasteiger partial charge on any atom is -0.269 e. The van der Waals surface area contributed by atoms with Gasteiger partial charge in [-0.15, -0.1) is 68.0 Å². The molecule has 6 rings (SSSR count). The molecule has 0 aromatic carbocycles. The molecule has 0 saturated carbocycles. The highest BCUT2D eigenvalue weighted by Crippen LogP contribution is 2.45. The van der Waals surface area contributed by atoms with E-state index in [1.807, 2.05) is 12.1 Å². The molecule has 0 aliphatic rings. The Hall–Kier alpha value is -1.60. The maximum absolute atomic E-state index is 12.1. The molecule has 0 amide bonds. The summed E-state index contributed by atoms with van der Waals surface area (Å²) < 4.78 is 24.1. The first kappa shape index (κ1) is 22.8. The molecule has 6 heterocycles. The van der Waals surface area contributed by atoms with E-state index in [2.05, 4.69) is 59.3 Å². The van der Waals surface area contributed by atoms with Crippen LogP contribution >= 0.6 is 84.9 Å². The zero-order valence-corrected chi connectivity index (χ0v) is 23.8. The van der Waals surface area contributed by atoms with E-state index < -0.39 is 0 Å². The van der Waals surface area contributed by atoms with E-state index in [1.54, 1.807) is 68.0 Å². The average molecular weight is 587 g/mol. The maximum Gasteiger partial charge on any atom is 0.193 e. The largest absolute Gasteiger partial charge is 0.269 e. The summed E-state index contributed by atoms with van der Waals surface area (Å²) in [6.07, 6.45) is 0. The van der Waals surface area contributed by atoms with Gasteiger partial charge in [0.25, 0.3) is 0 Å². The molecular formula is C24H12O2P2S6. The summed E-state index contributed by atoms with van der Waals surface area (Å²) in [7, 11) is -0.00625. The molecular weight excluding hydrogens is 575 g/mol. The summed E-state index contributed by atoms with van der Waals surface area (Å²) in [6, 6.07) is 20.9. The fourth-order valence-corrected chi connectivity index (χ4v) is 11.2. The predicted molar refractivity (Wildman–Crippen MR) is 155 cm³/mol. The van der Waals surface area contributed by atoms with Gasteiger partial charge in [-0.2, -0.15) is 0 Å². The van der Waals surface area contributed by atoms with E-state index >= 15 is 0 Å². The van der Waals surface area contributed by atoms with E-state index in [4.69, 9.17) is 0 Å². The third kappa shape index (κ3) is 4.27. The summed E-state index contributed by atoms with van der Waals surface area (Å²) in [5, 5.41) is 5.72. The Balaban J connectivity index is 1.38. The Labute approximate surface area is 223 Å². The van der Waals surface area contributed by atoms with Crippen LogP contribution in [-0.4, -0.2) is 0 Å². The van der Waals surface area contributed by atoms with Gasteiger partial charge in [-0.05, 0) is 59.3 Å². The highest BCUT2D eigenvalue weighted by Gasteiger charge is 2.20. The molecule has 0 bridgehead atoms. The van der Waals surface area contributed by atoms with Gasteiger partial charge in [0.05, 0.1) is 20.4 Å². The van der Waals surface area contributed by atoms with Crippen molar-refractivity contribution >= 4 is 95.6 Å². The number of rotatable bonds is 7. The first-order valence-corrected chi connectivity index (χ1v) is 16.6. The summed E-state index contributed by atoms with van der Waals surface area (Å²) in [4.78, 5) is 11.3. The minimum atomic E-state index is -0.00358. The minimum absolute atomic E-state index is 0.00266. The molecule has 0 radical (unpaired) electrons. The Bertz CT molecular complexity index is 1600. The van der Waals surface area contributed by atoms with Crippen LogP contribution in [0.3, 0.4) is 0 Å². The van der Waals surface area contributed by atoms with Crippen molar-refractivity contribution in [3.63, 3.8) is 0 Å². The second kappa shape index (κ2) is 9.81. The van der Waals surface area contributed by atoms with E-state index in [1.165, 1.54) is 24.4 Å². The zero-order chi connectivity index (χ0) is 23.1. The Morgan fingerprint density at radius 1 is 0.471 bits per heavy atom. The summed E-state index contributed by atoms with van der Waals surface area (Å²) in [5.74, 6) is 0. The fraction of sp³-hybridized carbons (Fsp3) is 0. The van der Waals surface area contributed by atoms with Crippen LogP contribution in [0.5, 0.6) is 0 Å². The van der Waals surface area contributed by atoms with Crippen LogP contribution < -0.4 is 10.6 Å². The van der Waals surface area contributed by atoms with E-state index in [-0.39, 0.29) is 16.9 Å². The van der Waals surface area contributed by atoms with Crippen LogP contribution in [-0.2, 0) is 9.13 Å². The predicted octanol–water partition coefficient (Wildman–Crippen LogP) is 10.2. The summed E-state index contributed by atoms with van der Waals surface area (Å²) in [6.45, 7) is 0. The average Bonchev–Trinajstić information content (AvgIpc) is 3.69. The van der Waals surface area contributed by atoms with Crippen LogP contribution in [0.1, 0.15) is 0 Å². The van der Waals surface area contributed by atoms with Crippen LogP contribution in [0.2, 0.25) is 0 Å².